The van der Waals surface area contributed by atoms with Crippen LogP contribution in [0.25, 0.3) is 0 Å². The summed E-state index contributed by atoms with van der Waals surface area (Å²) in [5.41, 5.74) is -1.80. The van der Waals surface area contributed by atoms with Crippen LogP contribution >= 0.6 is 0 Å². The summed E-state index contributed by atoms with van der Waals surface area (Å²) >= 11 is 0. The lowest BCUT2D eigenvalue weighted by atomic mass is 9.88. The van der Waals surface area contributed by atoms with Crippen molar-refractivity contribution in [2.45, 2.75) is 18.6 Å². The van der Waals surface area contributed by atoms with Crippen LogP contribution in [0.15, 0.2) is 4.99 Å². The summed E-state index contributed by atoms with van der Waals surface area (Å²) in [4.78, 5) is 24.7. The molecule has 1 unspecified atom stereocenters. The fraction of sp³-hybridized carbons (Fsp3) is 0.778. The Labute approximate surface area is 86.9 Å². The van der Waals surface area contributed by atoms with Crippen molar-refractivity contribution in [3.63, 3.8) is 0 Å². The van der Waals surface area contributed by atoms with Gasteiger partial charge in [-0.15, -0.1) is 0 Å². The average molecular weight is 215 g/mol. The zero-order valence-corrected chi connectivity index (χ0v) is 8.43. The predicted molar refractivity (Wildman–Crippen MR) is 49.0 cm³/mol. The number of ether oxygens (including phenoxy) is 2. The summed E-state index contributed by atoms with van der Waals surface area (Å²) in [7, 11) is 1.23. The third-order valence-corrected chi connectivity index (χ3v) is 2.60. The van der Waals surface area contributed by atoms with Crippen molar-refractivity contribution in [1.29, 1.82) is 0 Å². The lowest BCUT2D eigenvalue weighted by molar-refractivity contribution is -0.173. The molecule has 1 fully saturated rings. The van der Waals surface area contributed by atoms with Crippen LogP contribution in [-0.2, 0) is 19.1 Å². The summed E-state index contributed by atoms with van der Waals surface area (Å²) in [6.07, 6.45) is 2.28. The van der Waals surface area contributed by atoms with E-state index in [-0.39, 0.29) is 5.92 Å². The van der Waals surface area contributed by atoms with Crippen LogP contribution in [0.1, 0.15) is 12.8 Å². The van der Waals surface area contributed by atoms with Gasteiger partial charge in [0.05, 0.1) is 0 Å². The highest BCUT2D eigenvalue weighted by molar-refractivity contribution is 5.78. The molecular formula is C9H13NO5. The monoisotopic (exact) mass is 215 g/mol. The fourth-order valence-electron chi connectivity index (χ4n) is 1.77. The Balaban J connectivity index is 2.95. The van der Waals surface area contributed by atoms with Crippen molar-refractivity contribution in [2.24, 2.45) is 10.9 Å². The Bertz CT molecular complexity index is 276. The van der Waals surface area contributed by atoms with Crippen LogP contribution in [0, 0.1) is 5.92 Å². The van der Waals surface area contributed by atoms with E-state index in [0.717, 1.165) is 0 Å². The molecule has 6 heteroatoms. The molecule has 1 saturated heterocycles. The fourth-order valence-corrected chi connectivity index (χ4v) is 1.77. The highest BCUT2D eigenvalue weighted by Gasteiger charge is 2.47. The van der Waals surface area contributed by atoms with Crippen molar-refractivity contribution in [3.8, 4) is 0 Å². The summed E-state index contributed by atoms with van der Waals surface area (Å²) in [5.74, 6) is -1.62. The number of isocyanates is 1. The molecule has 0 aliphatic carbocycles. The quantitative estimate of drug-likeness (QED) is 0.534. The molecule has 1 aliphatic heterocycles. The van der Waals surface area contributed by atoms with E-state index < -0.39 is 11.7 Å². The maximum absolute atomic E-state index is 11.1. The molecule has 1 N–H and O–H groups in total. The molecule has 1 rings (SSSR count). The van der Waals surface area contributed by atoms with E-state index >= 15 is 0 Å². The average Bonchev–Trinajstić information content (AvgIpc) is 2.26. The number of hydrogen-bond donors (Lipinski definition) is 1. The molecule has 0 amide bonds. The second-order valence-corrected chi connectivity index (χ2v) is 3.30. The van der Waals surface area contributed by atoms with E-state index in [0.29, 0.717) is 26.1 Å². The van der Waals surface area contributed by atoms with E-state index in [2.05, 4.69) is 4.99 Å². The van der Waals surface area contributed by atoms with Gasteiger partial charge in [-0.25, -0.2) is 9.59 Å². The summed E-state index contributed by atoms with van der Waals surface area (Å²) in [6, 6.07) is 0. The molecule has 0 radical (unpaired) electrons. The molecule has 1 aliphatic rings. The molecule has 0 aromatic heterocycles. The van der Waals surface area contributed by atoms with Gasteiger partial charge < -0.3 is 14.6 Å². The summed E-state index contributed by atoms with van der Waals surface area (Å²) < 4.78 is 10.0. The van der Waals surface area contributed by atoms with Gasteiger partial charge >= 0.3 is 5.97 Å². The Morgan fingerprint density at radius 1 is 1.60 bits per heavy atom. The van der Waals surface area contributed by atoms with Crippen molar-refractivity contribution in [1.82, 2.24) is 0 Å². The number of carbonyl (C=O) groups excluding carboxylic acids is 1. The van der Waals surface area contributed by atoms with E-state index in [1.54, 1.807) is 0 Å². The molecular weight excluding hydrogens is 202 g/mol. The molecule has 0 aromatic rings. The van der Waals surface area contributed by atoms with Crippen LogP contribution in [0.5, 0.6) is 0 Å². The smallest absolute Gasteiger partial charge is 0.360 e. The Morgan fingerprint density at radius 3 is 2.60 bits per heavy atom. The predicted octanol–water partition coefficient (Wildman–Crippen LogP) is 0.176. The standard InChI is InChI=1S/C9H13NO5/c1-14-9(8(12)13,10-6-11)7-2-4-15-5-3-7/h7H,2-5H2,1H3,(H,12,13). The molecule has 0 bridgehead atoms. The van der Waals surface area contributed by atoms with Crippen molar-refractivity contribution in [3.05, 3.63) is 0 Å². The third-order valence-electron chi connectivity index (χ3n) is 2.60. The molecule has 6 nitrogen and oxygen atoms in total. The molecule has 1 heterocycles. The van der Waals surface area contributed by atoms with E-state index in [4.69, 9.17) is 14.6 Å². The highest BCUT2D eigenvalue weighted by Crippen LogP contribution is 2.31. The molecule has 0 saturated carbocycles. The number of carboxylic acid groups (broad SMARTS) is 1. The zero-order valence-electron chi connectivity index (χ0n) is 8.43. The number of hydrogen-bond acceptors (Lipinski definition) is 5. The second-order valence-electron chi connectivity index (χ2n) is 3.30. The van der Waals surface area contributed by atoms with Gasteiger partial charge in [-0.05, 0) is 12.8 Å². The molecule has 1 atom stereocenters. The second kappa shape index (κ2) is 5.02. The molecule has 0 aromatic carbocycles. The van der Waals surface area contributed by atoms with Crippen molar-refractivity contribution in [2.75, 3.05) is 20.3 Å². The van der Waals surface area contributed by atoms with Crippen LogP contribution in [0.2, 0.25) is 0 Å². The maximum atomic E-state index is 11.1. The van der Waals surface area contributed by atoms with Gasteiger partial charge in [0.1, 0.15) is 0 Å². The number of aliphatic imine (C=N–C) groups is 1. The number of nitrogens with zero attached hydrogens (tertiary/aromatic N) is 1. The van der Waals surface area contributed by atoms with Crippen LogP contribution in [-0.4, -0.2) is 43.2 Å². The van der Waals surface area contributed by atoms with E-state index in [1.165, 1.54) is 13.2 Å². The largest absolute Gasteiger partial charge is 0.478 e. The SMILES string of the molecule is COC(N=C=O)(C(=O)O)C1CCOCC1. The minimum absolute atomic E-state index is 0.352. The first kappa shape index (κ1) is 11.8. The number of rotatable bonds is 4. The normalized spacial score (nSPS) is 21.4. The summed E-state index contributed by atoms with van der Waals surface area (Å²) in [5, 5.41) is 9.07. The lowest BCUT2D eigenvalue weighted by Gasteiger charge is -2.33. The van der Waals surface area contributed by atoms with Crippen LogP contribution < -0.4 is 0 Å². The van der Waals surface area contributed by atoms with Crippen LogP contribution in [0.3, 0.4) is 0 Å². The minimum Gasteiger partial charge on any atom is -0.478 e. The number of methoxy groups -OCH3 is 1. The number of carbonyl (C=O) groups is 1. The number of carboxylic acids is 1. The minimum atomic E-state index is -1.80. The summed E-state index contributed by atoms with van der Waals surface area (Å²) in [6.45, 7) is 0.912. The van der Waals surface area contributed by atoms with E-state index in [9.17, 15) is 9.59 Å². The Hall–Kier alpha value is -1.23. The van der Waals surface area contributed by atoms with Crippen molar-refractivity contribution < 1.29 is 24.2 Å². The first-order valence-electron chi connectivity index (χ1n) is 4.62. The van der Waals surface area contributed by atoms with Crippen molar-refractivity contribution >= 4 is 12.0 Å². The number of aliphatic carboxylic acids is 1. The highest BCUT2D eigenvalue weighted by atomic mass is 16.5. The van der Waals surface area contributed by atoms with Crippen LogP contribution in [0.4, 0.5) is 0 Å². The third kappa shape index (κ3) is 2.23. The topological polar surface area (TPSA) is 85.2 Å². The maximum Gasteiger partial charge on any atom is 0.360 e. The Morgan fingerprint density at radius 2 is 2.20 bits per heavy atom. The van der Waals surface area contributed by atoms with Gasteiger partial charge in [0, 0.05) is 26.2 Å². The van der Waals surface area contributed by atoms with Gasteiger partial charge in [0.15, 0.2) is 0 Å². The first-order chi connectivity index (χ1) is 7.17. The van der Waals surface area contributed by atoms with Gasteiger partial charge in [-0.2, -0.15) is 4.99 Å². The lowest BCUT2D eigenvalue weighted by Crippen LogP contribution is -2.48. The molecule has 84 valence electrons. The first-order valence-corrected chi connectivity index (χ1v) is 4.62. The molecule has 15 heavy (non-hydrogen) atoms. The van der Waals surface area contributed by atoms with Gasteiger partial charge in [0.25, 0.3) is 5.72 Å². The van der Waals surface area contributed by atoms with Gasteiger partial charge in [0.2, 0.25) is 6.08 Å². The molecule has 0 spiro atoms. The van der Waals surface area contributed by atoms with Gasteiger partial charge in [-0.1, -0.05) is 0 Å². The zero-order chi connectivity index (χ0) is 11.3. The Kier molecular flexibility index (Phi) is 3.96. The van der Waals surface area contributed by atoms with E-state index in [1.807, 2.05) is 0 Å². The van der Waals surface area contributed by atoms with Gasteiger partial charge in [-0.3, -0.25) is 0 Å².